The summed E-state index contributed by atoms with van der Waals surface area (Å²) in [4.78, 5) is 24.2. The highest BCUT2D eigenvalue weighted by Gasteiger charge is 2.30. The van der Waals surface area contributed by atoms with Gasteiger partial charge in [-0.25, -0.2) is 0 Å². The van der Waals surface area contributed by atoms with Gasteiger partial charge in [-0.2, -0.15) is 0 Å². The zero-order valence-electron chi connectivity index (χ0n) is 9.43. The maximum atomic E-state index is 11.7. The van der Waals surface area contributed by atoms with Crippen molar-refractivity contribution in [2.75, 3.05) is 19.6 Å². The maximum absolute atomic E-state index is 11.7. The molecule has 1 unspecified atom stereocenters. The van der Waals surface area contributed by atoms with Crippen LogP contribution in [-0.4, -0.2) is 36.3 Å². The van der Waals surface area contributed by atoms with Gasteiger partial charge in [0.05, 0.1) is 6.04 Å². The molecular formula is C12H15N3O2. The Morgan fingerprint density at radius 2 is 2.00 bits per heavy atom. The van der Waals surface area contributed by atoms with Crippen LogP contribution >= 0.6 is 0 Å². The van der Waals surface area contributed by atoms with E-state index in [0.717, 1.165) is 5.56 Å². The van der Waals surface area contributed by atoms with Gasteiger partial charge in [-0.15, -0.1) is 0 Å². The van der Waals surface area contributed by atoms with Crippen LogP contribution in [0.3, 0.4) is 0 Å². The zero-order valence-corrected chi connectivity index (χ0v) is 9.43. The fourth-order valence-corrected chi connectivity index (χ4v) is 2.06. The number of nitrogens with zero attached hydrogens (tertiary/aromatic N) is 1. The molecule has 1 aromatic carbocycles. The third-order valence-corrected chi connectivity index (χ3v) is 2.90. The molecule has 0 spiro atoms. The molecule has 3 N–H and O–H groups in total. The van der Waals surface area contributed by atoms with E-state index in [1.54, 1.807) is 0 Å². The van der Waals surface area contributed by atoms with Crippen LogP contribution in [-0.2, 0) is 9.59 Å². The first-order chi connectivity index (χ1) is 8.20. The van der Waals surface area contributed by atoms with Crippen molar-refractivity contribution in [1.29, 1.82) is 0 Å². The van der Waals surface area contributed by atoms with Crippen LogP contribution in [0.25, 0.3) is 0 Å². The number of carbonyl (C=O) groups is 2. The molecule has 1 aliphatic rings. The van der Waals surface area contributed by atoms with Crippen molar-refractivity contribution in [3.63, 3.8) is 0 Å². The van der Waals surface area contributed by atoms with Crippen LogP contribution in [0.15, 0.2) is 30.3 Å². The number of benzene rings is 1. The summed E-state index contributed by atoms with van der Waals surface area (Å²) in [7, 11) is 0. The lowest BCUT2D eigenvalue weighted by Gasteiger charge is -2.35. The number of carbonyl (C=O) groups excluding carboxylic acids is 2. The van der Waals surface area contributed by atoms with Crippen molar-refractivity contribution in [2.24, 2.45) is 5.73 Å². The molecule has 17 heavy (non-hydrogen) atoms. The lowest BCUT2D eigenvalue weighted by atomic mass is 10.0. The van der Waals surface area contributed by atoms with E-state index in [-0.39, 0.29) is 6.04 Å². The van der Waals surface area contributed by atoms with E-state index < -0.39 is 11.8 Å². The Morgan fingerprint density at radius 1 is 1.29 bits per heavy atom. The Balaban J connectivity index is 2.24. The highest BCUT2D eigenvalue weighted by atomic mass is 16.2. The third kappa shape index (κ3) is 2.45. The summed E-state index contributed by atoms with van der Waals surface area (Å²) < 4.78 is 0. The average molecular weight is 233 g/mol. The molecule has 0 radical (unpaired) electrons. The number of hydrogen-bond donors (Lipinski definition) is 2. The van der Waals surface area contributed by atoms with E-state index in [1.807, 2.05) is 30.3 Å². The van der Waals surface area contributed by atoms with E-state index in [2.05, 4.69) is 5.32 Å². The van der Waals surface area contributed by atoms with E-state index >= 15 is 0 Å². The zero-order chi connectivity index (χ0) is 12.3. The van der Waals surface area contributed by atoms with Crippen LogP contribution in [0.4, 0.5) is 0 Å². The third-order valence-electron chi connectivity index (χ3n) is 2.90. The van der Waals surface area contributed by atoms with Crippen molar-refractivity contribution >= 4 is 11.8 Å². The van der Waals surface area contributed by atoms with E-state index in [1.165, 1.54) is 4.90 Å². The molecule has 1 saturated heterocycles. The summed E-state index contributed by atoms with van der Waals surface area (Å²) in [5, 5.41) is 3.21. The predicted molar refractivity (Wildman–Crippen MR) is 63.0 cm³/mol. The molecule has 1 atom stereocenters. The molecule has 1 fully saturated rings. The van der Waals surface area contributed by atoms with Gasteiger partial charge in [0.1, 0.15) is 0 Å². The summed E-state index contributed by atoms with van der Waals surface area (Å²) in [6, 6.07) is 9.51. The van der Waals surface area contributed by atoms with E-state index in [0.29, 0.717) is 19.6 Å². The van der Waals surface area contributed by atoms with Gasteiger partial charge < -0.3 is 16.0 Å². The van der Waals surface area contributed by atoms with Gasteiger partial charge in [-0.1, -0.05) is 30.3 Å². The average Bonchev–Trinajstić information content (AvgIpc) is 2.39. The second kappa shape index (κ2) is 4.97. The summed E-state index contributed by atoms with van der Waals surface area (Å²) >= 11 is 0. The lowest BCUT2D eigenvalue weighted by Crippen LogP contribution is -2.52. The quantitative estimate of drug-likeness (QED) is 0.651. The fraction of sp³-hybridized carbons (Fsp3) is 0.333. The topological polar surface area (TPSA) is 75.4 Å². The smallest absolute Gasteiger partial charge is 0.312 e. The Kier molecular flexibility index (Phi) is 3.39. The molecule has 2 amide bonds. The van der Waals surface area contributed by atoms with E-state index in [4.69, 9.17) is 5.73 Å². The molecule has 90 valence electrons. The van der Waals surface area contributed by atoms with E-state index in [9.17, 15) is 9.59 Å². The second-order valence-corrected chi connectivity index (χ2v) is 3.99. The van der Waals surface area contributed by atoms with Gasteiger partial charge in [0.15, 0.2) is 0 Å². The van der Waals surface area contributed by atoms with Gasteiger partial charge >= 0.3 is 11.8 Å². The number of primary amides is 1. The van der Waals surface area contributed by atoms with Crippen LogP contribution < -0.4 is 11.1 Å². The Labute approximate surface area is 99.6 Å². The largest absolute Gasteiger partial charge is 0.361 e. The summed E-state index contributed by atoms with van der Waals surface area (Å²) in [6.07, 6.45) is 0. The number of hydrogen-bond acceptors (Lipinski definition) is 3. The van der Waals surface area contributed by atoms with Crippen LogP contribution in [0.1, 0.15) is 11.6 Å². The van der Waals surface area contributed by atoms with Gasteiger partial charge in [0.2, 0.25) is 0 Å². The standard InChI is InChI=1S/C12H15N3O2/c13-11(16)12(17)15-7-6-14-8-10(15)9-4-2-1-3-5-9/h1-5,10,14H,6-8H2,(H2,13,16). The SMILES string of the molecule is NC(=O)C(=O)N1CCNCC1c1ccccc1. The molecule has 1 aromatic rings. The van der Waals surface area contributed by atoms with Crippen molar-refractivity contribution in [1.82, 2.24) is 10.2 Å². The first-order valence-corrected chi connectivity index (χ1v) is 5.56. The van der Waals surface area contributed by atoms with Gasteiger partial charge in [-0.3, -0.25) is 9.59 Å². The Bertz CT molecular complexity index is 419. The number of piperazine rings is 1. The van der Waals surface area contributed by atoms with Crippen molar-refractivity contribution in [3.05, 3.63) is 35.9 Å². The van der Waals surface area contributed by atoms with Crippen molar-refractivity contribution < 1.29 is 9.59 Å². The number of rotatable bonds is 1. The maximum Gasteiger partial charge on any atom is 0.312 e. The molecule has 2 rings (SSSR count). The van der Waals surface area contributed by atoms with Crippen LogP contribution in [0.5, 0.6) is 0 Å². The summed E-state index contributed by atoms with van der Waals surface area (Å²) in [6.45, 7) is 1.83. The monoisotopic (exact) mass is 233 g/mol. The van der Waals surface area contributed by atoms with Crippen molar-refractivity contribution in [2.45, 2.75) is 6.04 Å². The predicted octanol–water partition coefficient (Wildman–Crippen LogP) is -0.355. The first kappa shape index (κ1) is 11.6. The Morgan fingerprint density at radius 3 is 2.65 bits per heavy atom. The Hall–Kier alpha value is -1.88. The highest BCUT2D eigenvalue weighted by molar-refractivity contribution is 6.34. The molecule has 1 heterocycles. The summed E-state index contributed by atoms with van der Waals surface area (Å²) in [5.74, 6) is -1.51. The highest BCUT2D eigenvalue weighted by Crippen LogP contribution is 2.21. The molecule has 5 nitrogen and oxygen atoms in total. The molecule has 1 aliphatic heterocycles. The van der Waals surface area contributed by atoms with Gasteiger partial charge in [0.25, 0.3) is 0 Å². The van der Waals surface area contributed by atoms with Gasteiger partial charge in [-0.05, 0) is 5.56 Å². The molecule has 0 aliphatic carbocycles. The molecule has 0 saturated carbocycles. The second-order valence-electron chi connectivity index (χ2n) is 3.99. The molecule has 0 bridgehead atoms. The fourth-order valence-electron chi connectivity index (χ4n) is 2.06. The number of nitrogens with two attached hydrogens (primary N) is 1. The number of nitrogens with one attached hydrogen (secondary N) is 1. The van der Waals surface area contributed by atoms with Crippen molar-refractivity contribution in [3.8, 4) is 0 Å². The van der Waals surface area contributed by atoms with Crippen LogP contribution in [0.2, 0.25) is 0 Å². The molecular weight excluding hydrogens is 218 g/mol. The minimum atomic E-state index is -0.896. The van der Waals surface area contributed by atoms with Gasteiger partial charge in [0, 0.05) is 19.6 Å². The van der Waals surface area contributed by atoms with Crippen LogP contribution in [0, 0.1) is 0 Å². The molecule has 5 heteroatoms. The normalized spacial score (nSPS) is 20.0. The minimum Gasteiger partial charge on any atom is -0.361 e. The first-order valence-electron chi connectivity index (χ1n) is 5.56. The number of amides is 2. The summed E-state index contributed by atoms with van der Waals surface area (Å²) in [5.41, 5.74) is 6.07. The minimum absolute atomic E-state index is 0.120. The molecule has 0 aromatic heterocycles. The lowest BCUT2D eigenvalue weighted by molar-refractivity contribution is -0.146.